The summed E-state index contributed by atoms with van der Waals surface area (Å²) in [6, 6.07) is 4.12. The van der Waals surface area contributed by atoms with Crippen molar-refractivity contribution in [3.8, 4) is 0 Å². The molecule has 0 saturated carbocycles. The molecule has 2 rings (SSSR count). The zero-order chi connectivity index (χ0) is 9.68. The molecular weight excluding hydrogens is 162 g/mol. The largest absolute Gasteiger partial charge is 0.375 e. The summed E-state index contributed by atoms with van der Waals surface area (Å²) in [6.45, 7) is 7.68. The van der Waals surface area contributed by atoms with Crippen LogP contribution in [0.25, 0.3) is 0 Å². The number of hydrogen-bond donors (Lipinski definition) is 0. The van der Waals surface area contributed by atoms with Crippen LogP contribution in [0.1, 0.15) is 37.9 Å². The van der Waals surface area contributed by atoms with Crippen LogP contribution in [0.15, 0.2) is 18.3 Å². The Morgan fingerprint density at radius 2 is 2.23 bits per heavy atom. The van der Waals surface area contributed by atoms with Crippen molar-refractivity contribution < 1.29 is 4.74 Å². The maximum atomic E-state index is 5.35. The highest BCUT2D eigenvalue weighted by atomic mass is 16.5. The maximum Gasteiger partial charge on any atom is 0.0891 e. The fraction of sp³-hybridized carbons (Fsp3) is 0.545. The van der Waals surface area contributed by atoms with Crippen LogP contribution in [-0.2, 0) is 11.3 Å². The molecule has 1 unspecified atom stereocenters. The van der Waals surface area contributed by atoms with Crippen molar-refractivity contribution in [2.75, 3.05) is 6.61 Å². The molecule has 2 heterocycles. The number of rotatable bonds is 0. The van der Waals surface area contributed by atoms with Gasteiger partial charge in [-0.3, -0.25) is 4.98 Å². The Balaban J connectivity index is 0.000000396. The summed E-state index contributed by atoms with van der Waals surface area (Å²) >= 11 is 0. The summed E-state index contributed by atoms with van der Waals surface area (Å²) in [5.41, 5.74) is 2.45. The van der Waals surface area contributed by atoms with E-state index >= 15 is 0 Å². The lowest BCUT2D eigenvalue weighted by molar-refractivity contribution is 0.0919. The van der Waals surface area contributed by atoms with Gasteiger partial charge in [0.2, 0.25) is 0 Å². The van der Waals surface area contributed by atoms with Gasteiger partial charge in [-0.05, 0) is 11.6 Å². The first-order valence-corrected chi connectivity index (χ1v) is 4.89. The summed E-state index contributed by atoms with van der Waals surface area (Å²) < 4.78 is 5.35. The van der Waals surface area contributed by atoms with Gasteiger partial charge in [0.05, 0.1) is 18.9 Å². The lowest BCUT2D eigenvalue weighted by Crippen LogP contribution is -2.15. The van der Waals surface area contributed by atoms with Crippen LogP contribution in [0.5, 0.6) is 0 Å². The Morgan fingerprint density at radius 3 is 2.92 bits per heavy atom. The summed E-state index contributed by atoms with van der Waals surface area (Å²) in [4.78, 5) is 4.24. The van der Waals surface area contributed by atoms with Gasteiger partial charge in [0.15, 0.2) is 0 Å². The highest BCUT2D eigenvalue weighted by Crippen LogP contribution is 2.23. The summed E-state index contributed by atoms with van der Waals surface area (Å²) in [6.07, 6.45) is 1.82. The van der Waals surface area contributed by atoms with E-state index in [0.29, 0.717) is 12.5 Å². The minimum atomic E-state index is 0.507. The fourth-order valence-electron chi connectivity index (χ4n) is 1.44. The summed E-state index contributed by atoms with van der Waals surface area (Å²) in [5, 5.41) is 0. The van der Waals surface area contributed by atoms with E-state index in [9.17, 15) is 0 Å². The van der Waals surface area contributed by atoms with Gasteiger partial charge in [-0.15, -0.1) is 0 Å². The van der Waals surface area contributed by atoms with Crippen LogP contribution < -0.4 is 0 Å². The third kappa shape index (κ3) is 2.28. The van der Waals surface area contributed by atoms with Crippen molar-refractivity contribution in [1.82, 2.24) is 4.98 Å². The van der Waals surface area contributed by atoms with Crippen LogP contribution in [0, 0.1) is 0 Å². The Morgan fingerprint density at radius 1 is 1.46 bits per heavy atom. The molecule has 0 spiro atoms. The van der Waals surface area contributed by atoms with Gasteiger partial charge in [-0.1, -0.05) is 26.8 Å². The van der Waals surface area contributed by atoms with E-state index in [1.54, 1.807) is 0 Å². The first-order valence-electron chi connectivity index (χ1n) is 4.89. The molecule has 1 aromatic heterocycles. The molecule has 0 saturated heterocycles. The second kappa shape index (κ2) is 4.97. The first kappa shape index (κ1) is 10.2. The molecule has 0 aliphatic carbocycles. The molecule has 13 heavy (non-hydrogen) atoms. The van der Waals surface area contributed by atoms with Crippen molar-refractivity contribution in [1.29, 1.82) is 0 Å². The van der Waals surface area contributed by atoms with Crippen LogP contribution >= 0.6 is 0 Å². The minimum Gasteiger partial charge on any atom is -0.375 e. The minimum absolute atomic E-state index is 0.507. The summed E-state index contributed by atoms with van der Waals surface area (Å²) in [7, 11) is 0. The highest BCUT2D eigenvalue weighted by molar-refractivity contribution is 5.24. The third-order valence-corrected chi connectivity index (χ3v) is 2.06. The molecule has 1 atom stereocenters. The Kier molecular flexibility index (Phi) is 3.90. The molecular formula is C11H17NO. The third-order valence-electron chi connectivity index (χ3n) is 2.06. The molecule has 1 aliphatic heterocycles. The van der Waals surface area contributed by atoms with Gasteiger partial charge < -0.3 is 4.74 Å². The van der Waals surface area contributed by atoms with Crippen LogP contribution in [-0.4, -0.2) is 11.6 Å². The quantitative estimate of drug-likeness (QED) is 0.611. The van der Waals surface area contributed by atoms with E-state index in [-0.39, 0.29) is 0 Å². The standard InChI is InChI=1S/C9H11NO.C2H6/c1-7-5-11-6-9-8(7)3-2-4-10-9;1-2/h2-4,7H,5-6H2,1H3;1-2H3. The van der Waals surface area contributed by atoms with E-state index in [2.05, 4.69) is 18.0 Å². The van der Waals surface area contributed by atoms with E-state index in [0.717, 1.165) is 12.3 Å². The molecule has 0 amide bonds. The SMILES string of the molecule is CC.CC1COCc2ncccc21. The second-order valence-corrected chi connectivity index (χ2v) is 2.96. The Bertz CT molecular complexity index is 260. The van der Waals surface area contributed by atoms with Gasteiger partial charge in [0.25, 0.3) is 0 Å². The monoisotopic (exact) mass is 179 g/mol. The fourth-order valence-corrected chi connectivity index (χ4v) is 1.44. The van der Waals surface area contributed by atoms with Crippen LogP contribution in [0.2, 0.25) is 0 Å². The molecule has 2 nitrogen and oxygen atoms in total. The van der Waals surface area contributed by atoms with Gasteiger partial charge in [-0.25, -0.2) is 0 Å². The van der Waals surface area contributed by atoms with Crippen molar-refractivity contribution in [3.05, 3.63) is 29.6 Å². The van der Waals surface area contributed by atoms with Crippen LogP contribution in [0.4, 0.5) is 0 Å². The van der Waals surface area contributed by atoms with Gasteiger partial charge in [0, 0.05) is 12.1 Å². The van der Waals surface area contributed by atoms with Gasteiger partial charge in [-0.2, -0.15) is 0 Å². The van der Waals surface area contributed by atoms with Crippen molar-refractivity contribution in [2.45, 2.75) is 33.3 Å². The second-order valence-electron chi connectivity index (χ2n) is 2.96. The zero-order valence-electron chi connectivity index (χ0n) is 8.58. The molecule has 72 valence electrons. The number of pyridine rings is 1. The predicted molar refractivity (Wildman–Crippen MR) is 53.7 cm³/mol. The molecule has 0 bridgehead atoms. The summed E-state index contributed by atoms with van der Waals surface area (Å²) in [5.74, 6) is 0.507. The van der Waals surface area contributed by atoms with Crippen molar-refractivity contribution >= 4 is 0 Å². The Hall–Kier alpha value is -0.890. The van der Waals surface area contributed by atoms with E-state index < -0.39 is 0 Å². The number of hydrogen-bond acceptors (Lipinski definition) is 2. The molecule has 0 aromatic carbocycles. The van der Waals surface area contributed by atoms with E-state index in [1.165, 1.54) is 5.56 Å². The number of fused-ring (bicyclic) bond motifs is 1. The lowest BCUT2D eigenvalue weighted by Gasteiger charge is -2.20. The van der Waals surface area contributed by atoms with Crippen LogP contribution in [0.3, 0.4) is 0 Å². The number of ether oxygens (including phenoxy) is 1. The zero-order valence-corrected chi connectivity index (χ0v) is 8.58. The predicted octanol–water partition coefficient (Wildman–Crippen LogP) is 2.74. The molecule has 0 fully saturated rings. The average Bonchev–Trinajstić information content (AvgIpc) is 2.22. The Labute approximate surface area is 80.0 Å². The number of nitrogens with zero attached hydrogens (tertiary/aromatic N) is 1. The lowest BCUT2D eigenvalue weighted by atomic mass is 9.99. The molecule has 0 radical (unpaired) electrons. The maximum absolute atomic E-state index is 5.35. The average molecular weight is 179 g/mol. The normalized spacial score (nSPS) is 19.8. The first-order chi connectivity index (χ1) is 6.38. The topological polar surface area (TPSA) is 22.1 Å². The number of aromatic nitrogens is 1. The molecule has 0 N–H and O–H groups in total. The molecule has 2 heteroatoms. The van der Waals surface area contributed by atoms with E-state index in [4.69, 9.17) is 4.74 Å². The highest BCUT2D eigenvalue weighted by Gasteiger charge is 2.16. The van der Waals surface area contributed by atoms with Gasteiger partial charge in [0.1, 0.15) is 0 Å². The van der Waals surface area contributed by atoms with Crippen molar-refractivity contribution in [3.63, 3.8) is 0 Å². The molecule has 1 aliphatic rings. The van der Waals surface area contributed by atoms with Gasteiger partial charge >= 0.3 is 0 Å². The molecule has 1 aromatic rings. The van der Waals surface area contributed by atoms with Crippen molar-refractivity contribution in [2.24, 2.45) is 0 Å². The van der Waals surface area contributed by atoms with E-state index in [1.807, 2.05) is 26.1 Å². The smallest absolute Gasteiger partial charge is 0.0891 e.